The molecule has 0 bridgehead atoms. The highest BCUT2D eigenvalue weighted by Crippen LogP contribution is 2.40. The predicted octanol–water partition coefficient (Wildman–Crippen LogP) is 4.40. The van der Waals surface area contributed by atoms with Crippen LogP contribution in [0.25, 0.3) is 0 Å². The van der Waals surface area contributed by atoms with Gasteiger partial charge in [-0.3, -0.25) is 14.6 Å². The van der Waals surface area contributed by atoms with Gasteiger partial charge in [-0.1, -0.05) is 41.9 Å². The van der Waals surface area contributed by atoms with Gasteiger partial charge in [0.25, 0.3) is 5.91 Å². The van der Waals surface area contributed by atoms with Gasteiger partial charge in [0.1, 0.15) is 23.6 Å². The van der Waals surface area contributed by atoms with Gasteiger partial charge in [-0.2, -0.15) is 5.10 Å². The van der Waals surface area contributed by atoms with E-state index in [1.165, 1.54) is 41.4 Å². The molecule has 5 nitrogen and oxygen atoms in total. The quantitative estimate of drug-likeness (QED) is 0.571. The molecule has 2 unspecified atom stereocenters. The van der Waals surface area contributed by atoms with Gasteiger partial charge < -0.3 is 0 Å². The third-order valence-electron chi connectivity index (χ3n) is 5.36. The number of hydrogen-bond acceptors (Lipinski definition) is 4. The standard InChI is InChI=1S/C23H14ClF2N3O2/c24-14-8-11-18(17(26)12-14)28-22(30)19-20(13-6-9-15(25)10-7-13)27-29(21(19)23(28)31)16-4-2-1-3-5-16/h1-12,19,21H. The molecule has 0 aromatic heterocycles. The van der Waals surface area contributed by atoms with Gasteiger partial charge in [-0.05, 0) is 48.0 Å². The highest BCUT2D eigenvalue weighted by Gasteiger charge is 2.57. The van der Waals surface area contributed by atoms with Crippen LogP contribution in [0.4, 0.5) is 20.2 Å². The summed E-state index contributed by atoms with van der Waals surface area (Å²) in [6, 6.07) is 17.2. The second kappa shape index (κ2) is 7.28. The Hall–Kier alpha value is -3.58. The van der Waals surface area contributed by atoms with Crippen molar-refractivity contribution in [2.75, 3.05) is 9.91 Å². The molecule has 2 aliphatic rings. The van der Waals surface area contributed by atoms with Crippen molar-refractivity contribution < 1.29 is 18.4 Å². The van der Waals surface area contributed by atoms with Crippen molar-refractivity contribution in [2.45, 2.75) is 6.04 Å². The fourth-order valence-electron chi connectivity index (χ4n) is 3.97. The van der Waals surface area contributed by atoms with E-state index in [2.05, 4.69) is 5.10 Å². The molecule has 3 aromatic carbocycles. The van der Waals surface area contributed by atoms with Gasteiger partial charge in [-0.25, -0.2) is 13.7 Å². The van der Waals surface area contributed by atoms with Crippen molar-refractivity contribution >= 4 is 40.5 Å². The third-order valence-corrected chi connectivity index (χ3v) is 5.60. The van der Waals surface area contributed by atoms with Gasteiger partial charge in [0.05, 0.1) is 17.1 Å². The van der Waals surface area contributed by atoms with Crippen molar-refractivity contribution in [2.24, 2.45) is 11.0 Å². The monoisotopic (exact) mass is 437 g/mol. The Labute approximate surface area is 181 Å². The SMILES string of the molecule is O=C1C2C(c3ccc(F)cc3)=NN(c3ccccc3)C2C(=O)N1c1ccc(Cl)cc1F. The molecule has 2 amide bonds. The summed E-state index contributed by atoms with van der Waals surface area (Å²) in [4.78, 5) is 27.6. The lowest BCUT2D eigenvalue weighted by Gasteiger charge is -2.22. The number of nitrogens with zero attached hydrogens (tertiary/aromatic N) is 3. The number of amides is 2. The topological polar surface area (TPSA) is 53.0 Å². The van der Waals surface area contributed by atoms with Crippen LogP contribution in [0.1, 0.15) is 5.56 Å². The average molecular weight is 438 g/mol. The summed E-state index contributed by atoms with van der Waals surface area (Å²) in [6.45, 7) is 0. The van der Waals surface area contributed by atoms with Gasteiger partial charge in [0, 0.05) is 5.02 Å². The normalized spacial score (nSPS) is 20.3. The number of carbonyl (C=O) groups is 2. The molecule has 0 aliphatic carbocycles. The largest absolute Gasteiger partial charge is 0.273 e. The number of benzene rings is 3. The zero-order chi connectivity index (χ0) is 21.7. The molecule has 154 valence electrons. The third kappa shape index (κ3) is 3.09. The van der Waals surface area contributed by atoms with E-state index < -0.39 is 35.4 Å². The Kier molecular flexibility index (Phi) is 4.55. The highest BCUT2D eigenvalue weighted by atomic mass is 35.5. The smallest absolute Gasteiger partial charge is 0.260 e. The molecule has 0 spiro atoms. The molecule has 1 fully saturated rings. The first-order chi connectivity index (χ1) is 15.0. The lowest BCUT2D eigenvalue weighted by molar-refractivity contribution is -0.121. The van der Waals surface area contributed by atoms with Crippen molar-refractivity contribution in [3.05, 3.63) is 95.0 Å². The molecular weight excluding hydrogens is 424 g/mol. The predicted molar refractivity (Wildman–Crippen MR) is 113 cm³/mol. The molecule has 0 saturated carbocycles. The number of halogens is 3. The molecular formula is C23H14ClF2N3O2. The first-order valence-corrected chi connectivity index (χ1v) is 9.85. The fraction of sp³-hybridized carbons (Fsp3) is 0.0870. The summed E-state index contributed by atoms with van der Waals surface area (Å²) in [5, 5.41) is 6.18. The number of para-hydroxylation sites is 1. The summed E-state index contributed by atoms with van der Waals surface area (Å²) in [5.41, 5.74) is 1.27. The zero-order valence-corrected chi connectivity index (χ0v) is 16.6. The summed E-state index contributed by atoms with van der Waals surface area (Å²) >= 11 is 5.83. The van der Waals surface area contributed by atoms with E-state index in [1.807, 2.05) is 6.07 Å². The van der Waals surface area contributed by atoms with Crippen LogP contribution in [-0.4, -0.2) is 23.6 Å². The number of hydrogen-bond donors (Lipinski definition) is 0. The highest BCUT2D eigenvalue weighted by molar-refractivity contribution is 6.34. The van der Waals surface area contributed by atoms with E-state index in [-0.39, 0.29) is 10.7 Å². The van der Waals surface area contributed by atoms with Crippen LogP contribution in [0.5, 0.6) is 0 Å². The van der Waals surface area contributed by atoms with Crippen LogP contribution in [0.2, 0.25) is 5.02 Å². The molecule has 31 heavy (non-hydrogen) atoms. The number of fused-ring (bicyclic) bond motifs is 1. The van der Waals surface area contributed by atoms with E-state index >= 15 is 0 Å². The number of hydrazone groups is 1. The van der Waals surface area contributed by atoms with Crippen molar-refractivity contribution in [3.8, 4) is 0 Å². The Morgan fingerprint density at radius 3 is 2.26 bits per heavy atom. The average Bonchev–Trinajstić information content (AvgIpc) is 3.27. The van der Waals surface area contributed by atoms with Crippen LogP contribution in [0, 0.1) is 17.6 Å². The molecule has 8 heteroatoms. The minimum Gasteiger partial charge on any atom is -0.273 e. The molecule has 2 atom stereocenters. The molecule has 1 saturated heterocycles. The first-order valence-electron chi connectivity index (χ1n) is 9.47. The molecule has 5 rings (SSSR count). The second-order valence-corrected chi connectivity index (χ2v) is 7.64. The van der Waals surface area contributed by atoms with E-state index in [1.54, 1.807) is 24.3 Å². The van der Waals surface area contributed by atoms with Crippen molar-refractivity contribution in [1.82, 2.24) is 0 Å². The molecule has 2 aliphatic heterocycles. The molecule has 3 aromatic rings. The summed E-state index contributed by atoms with van der Waals surface area (Å²) < 4.78 is 28.0. The van der Waals surface area contributed by atoms with Gasteiger partial charge >= 0.3 is 0 Å². The minimum atomic E-state index is -0.981. The van der Waals surface area contributed by atoms with Gasteiger partial charge in [0.2, 0.25) is 5.91 Å². The maximum absolute atomic E-state index is 14.6. The van der Waals surface area contributed by atoms with E-state index in [0.29, 0.717) is 17.0 Å². The summed E-state index contributed by atoms with van der Waals surface area (Å²) in [5.74, 6) is -3.37. The van der Waals surface area contributed by atoms with Gasteiger partial charge in [-0.15, -0.1) is 0 Å². The van der Waals surface area contributed by atoms with E-state index in [4.69, 9.17) is 11.6 Å². The van der Waals surface area contributed by atoms with E-state index in [0.717, 1.165) is 11.0 Å². The lowest BCUT2D eigenvalue weighted by Crippen LogP contribution is -2.39. The molecule has 0 radical (unpaired) electrons. The van der Waals surface area contributed by atoms with Crippen molar-refractivity contribution in [3.63, 3.8) is 0 Å². The van der Waals surface area contributed by atoms with Crippen LogP contribution < -0.4 is 9.91 Å². The number of imide groups is 1. The fourth-order valence-corrected chi connectivity index (χ4v) is 4.13. The summed E-state index contributed by atoms with van der Waals surface area (Å²) in [7, 11) is 0. The van der Waals surface area contributed by atoms with Gasteiger partial charge in [0.15, 0.2) is 0 Å². The Bertz CT molecular complexity index is 1230. The second-order valence-electron chi connectivity index (χ2n) is 7.20. The van der Waals surface area contributed by atoms with Crippen molar-refractivity contribution in [1.29, 1.82) is 0 Å². The maximum atomic E-state index is 14.6. The Morgan fingerprint density at radius 1 is 0.871 bits per heavy atom. The van der Waals surface area contributed by atoms with Crippen LogP contribution >= 0.6 is 11.6 Å². The molecule has 2 heterocycles. The molecule has 0 N–H and O–H groups in total. The Morgan fingerprint density at radius 2 is 1.58 bits per heavy atom. The maximum Gasteiger partial charge on any atom is 0.260 e. The summed E-state index contributed by atoms with van der Waals surface area (Å²) in [6.07, 6.45) is 0. The van der Waals surface area contributed by atoms with Crippen LogP contribution in [0.3, 0.4) is 0 Å². The number of carbonyl (C=O) groups excluding carboxylic acids is 2. The lowest BCUT2D eigenvalue weighted by atomic mass is 9.93. The van der Waals surface area contributed by atoms with E-state index in [9.17, 15) is 18.4 Å². The Balaban J connectivity index is 1.64. The zero-order valence-electron chi connectivity index (χ0n) is 15.9. The van der Waals surface area contributed by atoms with Crippen LogP contribution in [0.15, 0.2) is 77.9 Å². The van der Waals surface area contributed by atoms with Crippen LogP contribution in [-0.2, 0) is 9.59 Å². The number of rotatable bonds is 3. The number of anilines is 2. The minimum absolute atomic E-state index is 0.153. The first kappa shape index (κ1) is 19.4.